The molecule has 6 nitrogen and oxygen atoms in total. The molecular weight excluding hydrogens is 294 g/mol. The molecule has 2 amide bonds. The summed E-state index contributed by atoms with van der Waals surface area (Å²) in [5.74, 6) is 0.102. The summed E-state index contributed by atoms with van der Waals surface area (Å²) < 4.78 is 5.26. The van der Waals surface area contributed by atoms with E-state index >= 15 is 0 Å². The number of nitrogens with one attached hydrogen (secondary N) is 1. The first kappa shape index (κ1) is 15.6. The van der Waals surface area contributed by atoms with Crippen LogP contribution >= 0.6 is 0 Å². The van der Waals surface area contributed by atoms with Crippen LogP contribution in [0, 0.1) is 17.2 Å². The number of amides is 2. The molecule has 2 heterocycles. The lowest BCUT2D eigenvalue weighted by molar-refractivity contribution is -0.129. The average molecular weight is 315 g/mol. The minimum absolute atomic E-state index is 0.0452. The summed E-state index contributed by atoms with van der Waals surface area (Å²) in [7, 11) is 0. The van der Waals surface area contributed by atoms with Crippen molar-refractivity contribution in [2.24, 2.45) is 5.92 Å². The molecule has 1 saturated carbocycles. The third kappa shape index (κ3) is 3.39. The lowest BCUT2D eigenvalue weighted by Crippen LogP contribution is -2.51. The number of nitrogens with zero attached hydrogens (tertiary/aromatic N) is 2. The first-order valence-corrected chi connectivity index (χ1v) is 8.15. The molecule has 0 spiro atoms. The van der Waals surface area contributed by atoms with Crippen LogP contribution in [0.3, 0.4) is 0 Å². The number of carbonyl (C=O) groups is 2. The van der Waals surface area contributed by atoms with Crippen LogP contribution in [0.5, 0.6) is 0 Å². The van der Waals surface area contributed by atoms with E-state index < -0.39 is 5.54 Å². The smallest absolute Gasteiger partial charge is 0.226 e. The van der Waals surface area contributed by atoms with Gasteiger partial charge in [-0.15, -0.1) is 0 Å². The number of nitriles is 1. The fraction of sp³-hybridized carbons (Fsp3) is 0.588. The quantitative estimate of drug-likeness (QED) is 0.920. The average Bonchev–Trinajstić information content (AvgIpc) is 3.19. The molecule has 23 heavy (non-hydrogen) atoms. The molecule has 1 aromatic heterocycles. The van der Waals surface area contributed by atoms with Gasteiger partial charge < -0.3 is 14.6 Å². The molecule has 1 aliphatic heterocycles. The van der Waals surface area contributed by atoms with Crippen LogP contribution in [0.15, 0.2) is 22.8 Å². The van der Waals surface area contributed by atoms with E-state index in [9.17, 15) is 14.9 Å². The Morgan fingerprint density at radius 1 is 1.43 bits per heavy atom. The molecule has 3 rings (SSSR count). The molecule has 0 bridgehead atoms. The monoisotopic (exact) mass is 315 g/mol. The number of likely N-dealkylation sites (tertiary alicyclic amines) is 1. The topological polar surface area (TPSA) is 86.3 Å². The second kappa shape index (κ2) is 6.45. The summed E-state index contributed by atoms with van der Waals surface area (Å²) in [6.07, 6.45) is 6.20. The molecule has 1 aliphatic carbocycles. The Bertz CT molecular complexity index is 612. The summed E-state index contributed by atoms with van der Waals surface area (Å²) in [5, 5.41) is 12.4. The number of hydrogen-bond acceptors (Lipinski definition) is 4. The van der Waals surface area contributed by atoms with E-state index in [0.29, 0.717) is 31.7 Å². The minimum Gasteiger partial charge on any atom is -0.467 e. The zero-order valence-electron chi connectivity index (χ0n) is 13.1. The van der Waals surface area contributed by atoms with E-state index in [1.54, 1.807) is 17.2 Å². The number of rotatable bonds is 4. The molecule has 1 unspecified atom stereocenters. The fourth-order valence-electron chi connectivity index (χ4n) is 3.45. The Morgan fingerprint density at radius 3 is 2.87 bits per heavy atom. The lowest BCUT2D eigenvalue weighted by Gasteiger charge is -2.32. The van der Waals surface area contributed by atoms with Gasteiger partial charge in [0.15, 0.2) is 0 Å². The highest BCUT2D eigenvalue weighted by Gasteiger charge is 2.39. The lowest BCUT2D eigenvalue weighted by atomic mass is 9.82. The minimum atomic E-state index is -0.743. The Morgan fingerprint density at radius 2 is 2.22 bits per heavy atom. The van der Waals surface area contributed by atoms with Crippen LogP contribution in [-0.2, 0) is 16.1 Å². The third-order valence-corrected chi connectivity index (χ3v) is 4.80. The first-order chi connectivity index (χ1) is 11.1. The summed E-state index contributed by atoms with van der Waals surface area (Å²) >= 11 is 0. The highest BCUT2D eigenvalue weighted by molar-refractivity contribution is 5.89. The standard InChI is InChI=1S/C17H21N3O3/c18-12-17(6-2-1-3-7-17)19-16(22)13-9-15(21)20(10-13)11-14-5-4-8-23-14/h4-5,8,13H,1-3,6-7,9-11H2,(H,19,22). The molecule has 1 saturated heterocycles. The summed E-state index contributed by atoms with van der Waals surface area (Å²) in [6.45, 7) is 0.770. The van der Waals surface area contributed by atoms with E-state index in [2.05, 4.69) is 11.4 Å². The van der Waals surface area contributed by atoms with Gasteiger partial charge in [-0.2, -0.15) is 5.26 Å². The molecule has 2 aliphatic rings. The highest BCUT2D eigenvalue weighted by Crippen LogP contribution is 2.29. The van der Waals surface area contributed by atoms with Gasteiger partial charge in [-0.25, -0.2) is 0 Å². The van der Waals surface area contributed by atoms with Crippen molar-refractivity contribution in [3.8, 4) is 6.07 Å². The molecule has 6 heteroatoms. The van der Waals surface area contributed by atoms with Gasteiger partial charge in [-0.1, -0.05) is 19.3 Å². The van der Waals surface area contributed by atoms with Gasteiger partial charge in [0.1, 0.15) is 11.3 Å². The van der Waals surface area contributed by atoms with Crippen molar-refractivity contribution in [1.82, 2.24) is 10.2 Å². The van der Waals surface area contributed by atoms with E-state index in [1.807, 2.05) is 6.07 Å². The van der Waals surface area contributed by atoms with E-state index in [4.69, 9.17) is 4.42 Å². The van der Waals surface area contributed by atoms with E-state index in [-0.39, 0.29) is 24.2 Å². The van der Waals surface area contributed by atoms with Gasteiger partial charge in [0.2, 0.25) is 11.8 Å². The van der Waals surface area contributed by atoms with E-state index in [0.717, 1.165) is 19.3 Å². The van der Waals surface area contributed by atoms with Gasteiger partial charge >= 0.3 is 0 Å². The molecule has 1 aromatic rings. The van der Waals surface area contributed by atoms with Crippen LogP contribution < -0.4 is 5.32 Å². The second-order valence-corrected chi connectivity index (χ2v) is 6.50. The van der Waals surface area contributed by atoms with Crippen molar-refractivity contribution in [2.45, 2.75) is 50.6 Å². The van der Waals surface area contributed by atoms with E-state index in [1.165, 1.54) is 0 Å². The normalized spacial score (nSPS) is 23.5. The van der Waals surface area contributed by atoms with Gasteiger partial charge in [0, 0.05) is 13.0 Å². The van der Waals surface area contributed by atoms with Crippen LogP contribution in [0.2, 0.25) is 0 Å². The Labute approximate surface area is 135 Å². The van der Waals surface area contributed by atoms with Gasteiger partial charge in [0.25, 0.3) is 0 Å². The van der Waals surface area contributed by atoms with Crippen molar-refractivity contribution in [1.29, 1.82) is 5.26 Å². The fourth-order valence-corrected chi connectivity index (χ4v) is 3.45. The maximum Gasteiger partial charge on any atom is 0.226 e. The maximum atomic E-state index is 12.5. The van der Waals surface area contributed by atoms with Crippen LogP contribution in [0.1, 0.15) is 44.3 Å². The van der Waals surface area contributed by atoms with Gasteiger partial charge in [-0.3, -0.25) is 9.59 Å². The Balaban J connectivity index is 1.60. The number of carbonyl (C=O) groups excluding carboxylic acids is 2. The van der Waals surface area contributed by atoms with Gasteiger partial charge in [0.05, 0.1) is 24.8 Å². The van der Waals surface area contributed by atoms with Crippen LogP contribution in [0.4, 0.5) is 0 Å². The van der Waals surface area contributed by atoms with Crippen molar-refractivity contribution < 1.29 is 14.0 Å². The molecule has 0 radical (unpaired) electrons. The molecule has 2 fully saturated rings. The van der Waals surface area contributed by atoms with Crippen LogP contribution in [0.25, 0.3) is 0 Å². The SMILES string of the molecule is N#CC1(NC(=O)C2CC(=O)N(Cc3ccco3)C2)CCCCC1. The summed E-state index contributed by atoms with van der Waals surface area (Å²) in [4.78, 5) is 26.2. The number of furan rings is 1. The Kier molecular flexibility index (Phi) is 4.37. The highest BCUT2D eigenvalue weighted by atomic mass is 16.3. The number of hydrogen-bond donors (Lipinski definition) is 1. The van der Waals surface area contributed by atoms with Crippen LogP contribution in [-0.4, -0.2) is 28.8 Å². The molecular formula is C17H21N3O3. The first-order valence-electron chi connectivity index (χ1n) is 8.15. The molecule has 1 N–H and O–H groups in total. The predicted octanol–water partition coefficient (Wildman–Crippen LogP) is 1.97. The summed E-state index contributed by atoms with van der Waals surface area (Å²) in [5.41, 5.74) is -0.743. The zero-order chi connectivity index (χ0) is 16.3. The molecule has 1 atom stereocenters. The second-order valence-electron chi connectivity index (χ2n) is 6.50. The van der Waals surface area contributed by atoms with Crippen molar-refractivity contribution >= 4 is 11.8 Å². The van der Waals surface area contributed by atoms with Crippen molar-refractivity contribution in [3.63, 3.8) is 0 Å². The Hall–Kier alpha value is -2.29. The summed E-state index contributed by atoms with van der Waals surface area (Å²) in [6, 6.07) is 5.88. The van der Waals surface area contributed by atoms with Crippen molar-refractivity contribution in [3.05, 3.63) is 24.2 Å². The third-order valence-electron chi connectivity index (χ3n) is 4.80. The predicted molar refractivity (Wildman–Crippen MR) is 81.8 cm³/mol. The van der Waals surface area contributed by atoms with Crippen molar-refractivity contribution in [2.75, 3.05) is 6.54 Å². The van der Waals surface area contributed by atoms with Gasteiger partial charge in [-0.05, 0) is 25.0 Å². The molecule has 122 valence electrons. The molecule has 0 aromatic carbocycles. The largest absolute Gasteiger partial charge is 0.467 e. The zero-order valence-corrected chi connectivity index (χ0v) is 13.1. The maximum absolute atomic E-state index is 12.5.